The van der Waals surface area contributed by atoms with Crippen LogP contribution >= 0.6 is 0 Å². The van der Waals surface area contributed by atoms with E-state index in [4.69, 9.17) is 0 Å². The number of hydrogen-bond acceptors (Lipinski definition) is 3. The van der Waals surface area contributed by atoms with E-state index in [-0.39, 0.29) is 11.0 Å². The predicted molar refractivity (Wildman–Crippen MR) is 133 cm³/mol. The molecule has 190 valence electrons. The fourth-order valence-electron chi connectivity index (χ4n) is 11.1. The second-order valence-corrected chi connectivity index (χ2v) is 14.0. The minimum Gasteiger partial charge on any atom is -0.478 e. The van der Waals surface area contributed by atoms with E-state index < -0.39 is 12.6 Å². The first-order chi connectivity index (χ1) is 15.9. The van der Waals surface area contributed by atoms with E-state index in [9.17, 15) is 19.8 Å². The molecule has 0 heterocycles. The zero-order valence-corrected chi connectivity index (χ0v) is 22.1. The summed E-state index contributed by atoms with van der Waals surface area (Å²) in [5, 5.41) is 18.5. The van der Waals surface area contributed by atoms with Crippen molar-refractivity contribution in [1.82, 2.24) is 0 Å². The van der Waals surface area contributed by atoms with Gasteiger partial charge in [0.05, 0.1) is 12.2 Å². The molecule has 0 radical (unpaired) electrons. The van der Waals surface area contributed by atoms with Crippen LogP contribution in [0.15, 0.2) is 11.6 Å². The molecular formula is C30H46O4. The van der Waals surface area contributed by atoms with Gasteiger partial charge in [-0.3, -0.25) is 4.79 Å². The smallest absolute Gasteiger partial charge is 0.333 e. The molecule has 2 spiro atoms. The van der Waals surface area contributed by atoms with Gasteiger partial charge in [-0.15, -0.1) is 0 Å². The molecule has 0 saturated heterocycles. The summed E-state index contributed by atoms with van der Waals surface area (Å²) in [7, 11) is 0. The fourth-order valence-corrected chi connectivity index (χ4v) is 11.1. The standard InChI is InChI=1S/C30H46O4/c1-19(7-6-8-20(17-31)25(33)34)21-11-13-28(5)23-10-9-22-26(2,3)24(32)12-14-29(22)18-30(23,29)16-15-27(21,28)4/h8,19,21-23,31H,6-7,9-18H2,1-5H3,(H,33,34)/b20-8+/t19?,21-,22+,23+,27-,28+,29-,30+/m1/s1. The number of carboxylic acid groups (broad SMARTS) is 1. The van der Waals surface area contributed by atoms with E-state index in [0.717, 1.165) is 31.6 Å². The molecular weight excluding hydrogens is 424 g/mol. The molecule has 5 rings (SSSR count). The molecule has 0 aliphatic heterocycles. The lowest BCUT2D eigenvalue weighted by Crippen LogP contribution is -2.57. The van der Waals surface area contributed by atoms with Gasteiger partial charge in [0.1, 0.15) is 5.78 Å². The number of carbonyl (C=O) groups is 2. The summed E-state index contributed by atoms with van der Waals surface area (Å²) in [6.07, 6.45) is 14.6. The number of allylic oxidation sites excluding steroid dienone is 1. The van der Waals surface area contributed by atoms with Crippen molar-refractivity contribution in [3.63, 3.8) is 0 Å². The summed E-state index contributed by atoms with van der Waals surface area (Å²) in [6, 6.07) is 0. The number of carbonyl (C=O) groups excluding carboxylic acids is 1. The molecule has 5 saturated carbocycles. The Kier molecular flexibility index (Phi) is 5.53. The van der Waals surface area contributed by atoms with Crippen LogP contribution in [-0.2, 0) is 9.59 Å². The third-order valence-corrected chi connectivity index (χ3v) is 13.1. The van der Waals surface area contributed by atoms with Crippen molar-refractivity contribution in [2.75, 3.05) is 6.61 Å². The van der Waals surface area contributed by atoms with E-state index in [2.05, 4.69) is 34.6 Å². The van der Waals surface area contributed by atoms with Crippen LogP contribution in [0.5, 0.6) is 0 Å². The van der Waals surface area contributed by atoms with Gasteiger partial charge in [-0.1, -0.05) is 40.7 Å². The Bertz CT molecular complexity index is 919. The van der Waals surface area contributed by atoms with Gasteiger partial charge in [0, 0.05) is 11.8 Å². The number of Topliss-reactive ketones (excluding diaryl/α,β-unsaturated/α-hetero) is 1. The molecule has 8 atom stereocenters. The lowest BCUT2D eigenvalue weighted by molar-refractivity contribution is -0.157. The Balaban J connectivity index is 1.36. The zero-order chi connectivity index (χ0) is 24.7. The van der Waals surface area contributed by atoms with Gasteiger partial charge in [0.25, 0.3) is 0 Å². The van der Waals surface area contributed by atoms with Crippen molar-refractivity contribution in [3.8, 4) is 0 Å². The van der Waals surface area contributed by atoms with Crippen LogP contribution in [0, 0.1) is 50.7 Å². The highest BCUT2D eigenvalue weighted by atomic mass is 16.4. The molecule has 34 heavy (non-hydrogen) atoms. The molecule has 4 heteroatoms. The van der Waals surface area contributed by atoms with Crippen LogP contribution in [0.1, 0.15) is 105 Å². The van der Waals surface area contributed by atoms with Crippen LogP contribution in [-0.4, -0.2) is 28.6 Å². The molecule has 0 bridgehead atoms. The molecule has 0 amide bonds. The summed E-state index contributed by atoms with van der Waals surface area (Å²) in [6.45, 7) is 11.7. The summed E-state index contributed by atoms with van der Waals surface area (Å²) in [4.78, 5) is 24.1. The summed E-state index contributed by atoms with van der Waals surface area (Å²) in [5.41, 5.74) is 1.62. The second kappa shape index (κ2) is 7.67. The van der Waals surface area contributed by atoms with Crippen molar-refractivity contribution in [3.05, 3.63) is 11.6 Å². The maximum absolute atomic E-state index is 12.8. The SMILES string of the molecule is CC(CC/C=C(\CO)C(=O)O)[C@H]1CC[C@@]2(C)[C@@H]3CC[C@H]4C(C)(C)C(=O)CC[C@@]45C[C@@]35CC[C@]12C. The van der Waals surface area contributed by atoms with E-state index in [0.29, 0.717) is 45.2 Å². The first kappa shape index (κ1) is 24.5. The Labute approximate surface area is 206 Å². The van der Waals surface area contributed by atoms with Gasteiger partial charge in [-0.05, 0) is 110 Å². The van der Waals surface area contributed by atoms with Crippen LogP contribution in [0.4, 0.5) is 0 Å². The third kappa shape index (κ3) is 2.93. The normalized spacial score (nSPS) is 47.8. The van der Waals surface area contributed by atoms with E-state index in [1.165, 1.54) is 44.9 Å². The Morgan fingerprint density at radius 2 is 1.68 bits per heavy atom. The minimum absolute atomic E-state index is 0.124. The van der Waals surface area contributed by atoms with E-state index >= 15 is 0 Å². The molecule has 2 N–H and O–H groups in total. The molecule has 4 nitrogen and oxygen atoms in total. The van der Waals surface area contributed by atoms with E-state index in [1.807, 2.05) is 0 Å². The maximum Gasteiger partial charge on any atom is 0.333 e. The minimum atomic E-state index is -1.00. The first-order valence-electron chi connectivity index (χ1n) is 14.0. The number of fused-ring (bicyclic) bond motifs is 2. The molecule has 0 aromatic rings. The molecule has 5 fully saturated rings. The topological polar surface area (TPSA) is 74.6 Å². The van der Waals surface area contributed by atoms with Gasteiger partial charge in [-0.2, -0.15) is 0 Å². The van der Waals surface area contributed by atoms with Crippen molar-refractivity contribution >= 4 is 11.8 Å². The second-order valence-electron chi connectivity index (χ2n) is 14.0. The molecule has 5 aliphatic rings. The van der Waals surface area contributed by atoms with E-state index in [1.54, 1.807) is 6.08 Å². The molecule has 1 unspecified atom stereocenters. The summed E-state index contributed by atoms with van der Waals surface area (Å²) < 4.78 is 0. The van der Waals surface area contributed by atoms with Crippen molar-refractivity contribution in [2.45, 2.75) is 105 Å². The van der Waals surface area contributed by atoms with Gasteiger partial charge >= 0.3 is 5.97 Å². The quantitative estimate of drug-likeness (QED) is 0.440. The number of hydrogen-bond donors (Lipinski definition) is 2. The Hall–Kier alpha value is -1.16. The van der Waals surface area contributed by atoms with Crippen molar-refractivity contribution in [2.24, 2.45) is 50.7 Å². The molecule has 0 aromatic heterocycles. The Morgan fingerprint density at radius 1 is 1.00 bits per heavy atom. The average Bonchev–Trinajstić information content (AvgIpc) is 3.36. The van der Waals surface area contributed by atoms with Crippen LogP contribution in [0.3, 0.4) is 0 Å². The number of aliphatic hydroxyl groups excluding tert-OH is 1. The van der Waals surface area contributed by atoms with Crippen LogP contribution in [0.2, 0.25) is 0 Å². The van der Waals surface area contributed by atoms with Gasteiger partial charge in [0.2, 0.25) is 0 Å². The Morgan fingerprint density at radius 3 is 2.35 bits per heavy atom. The van der Waals surface area contributed by atoms with Crippen LogP contribution in [0.25, 0.3) is 0 Å². The zero-order valence-electron chi connectivity index (χ0n) is 22.1. The highest BCUT2D eigenvalue weighted by Gasteiger charge is 2.82. The molecule has 5 aliphatic carbocycles. The average molecular weight is 471 g/mol. The van der Waals surface area contributed by atoms with Gasteiger partial charge < -0.3 is 10.2 Å². The first-order valence-corrected chi connectivity index (χ1v) is 14.0. The fraction of sp³-hybridized carbons (Fsp3) is 0.867. The number of rotatable bonds is 6. The number of aliphatic carboxylic acids is 1. The van der Waals surface area contributed by atoms with Crippen molar-refractivity contribution in [1.29, 1.82) is 0 Å². The van der Waals surface area contributed by atoms with Gasteiger partial charge in [-0.25, -0.2) is 4.79 Å². The number of carboxylic acids is 1. The van der Waals surface area contributed by atoms with Gasteiger partial charge in [0.15, 0.2) is 0 Å². The highest BCUT2D eigenvalue weighted by Crippen LogP contribution is 2.88. The largest absolute Gasteiger partial charge is 0.478 e. The predicted octanol–water partition coefficient (Wildman–Crippen LogP) is 6.41. The monoisotopic (exact) mass is 470 g/mol. The maximum atomic E-state index is 12.8. The number of aliphatic hydroxyl groups is 1. The van der Waals surface area contributed by atoms with Crippen LogP contribution < -0.4 is 0 Å². The lowest BCUT2D eigenvalue weighted by atomic mass is 9.42. The lowest BCUT2D eigenvalue weighted by Gasteiger charge is -2.62. The highest BCUT2D eigenvalue weighted by molar-refractivity contribution is 5.86. The van der Waals surface area contributed by atoms with Crippen molar-refractivity contribution < 1.29 is 19.8 Å². The third-order valence-electron chi connectivity index (χ3n) is 13.1. The summed E-state index contributed by atoms with van der Waals surface area (Å²) >= 11 is 0. The molecule has 0 aromatic carbocycles. The summed E-state index contributed by atoms with van der Waals surface area (Å²) in [5.74, 6) is 2.12. The number of ketones is 1.